The molecule has 1 fully saturated rings. The van der Waals surface area contributed by atoms with E-state index < -0.39 is 17.7 Å². The summed E-state index contributed by atoms with van der Waals surface area (Å²) in [7, 11) is 0. The first kappa shape index (κ1) is 13.0. The zero-order chi connectivity index (χ0) is 13.1. The van der Waals surface area contributed by atoms with E-state index in [2.05, 4.69) is 5.32 Å². The van der Waals surface area contributed by atoms with Gasteiger partial charge < -0.3 is 10.4 Å². The van der Waals surface area contributed by atoms with Gasteiger partial charge in [0.15, 0.2) is 0 Å². The van der Waals surface area contributed by atoms with Crippen LogP contribution in [0.2, 0.25) is 0 Å². The normalized spacial score (nSPS) is 16.4. The topological polar surface area (TPSA) is 49.3 Å². The number of halogens is 2. The Morgan fingerprint density at radius 3 is 2.78 bits per heavy atom. The lowest BCUT2D eigenvalue weighted by molar-refractivity contribution is -0.122. The number of amides is 1. The molecule has 2 N–H and O–H groups in total. The number of aliphatic hydroxyl groups excluding tert-OH is 1. The standard InChI is InChI=1S/C13H15F2NO2/c14-10-4-3-9(12(15)6-10)5-11(17)7-16-13(18)8-1-2-8/h3-4,6,8,11,17H,1-2,5,7H2,(H,16,18)/t11-/m0/s1. The maximum Gasteiger partial charge on any atom is 0.223 e. The number of benzene rings is 1. The molecule has 2 rings (SSSR count). The average Bonchev–Trinajstić information content (AvgIpc) is 3.14. The van der Waals surface area contributed by atoms with Crippen LogP contribution < -0.4 is 5.32 Å². The van der Waals surface area contributed by atoms with E-state index in [1.54, 1.807) is 0 Å². The first-order valence-corrected chi connectivity index (χ1v) is 5.96. The van der Waals surface area contributed by atoms with Crippen LogP contribution in [0.3, 0.4) is 0 Å². The summed E-state index contributed by atoms with van der Waals surface area (Å²) in [6.07, 6.45) is 0.979. The quantitative estimate of drug-likeness (QED) is 0.835. The summed E-state index contributed by atoms with van der Waals surface area (Å²) in [5.41, 5.74) is 0.240. The van der Waals surface area contributed by atoms with Gasteiger partial charge in [-0.3, -0.25) is 4.79 Å². The minimum atomic E-state index is -0.868. The Morgan fingerprint density at radius 1 is 1.44 bits per heavy atom. The molecule has 1 aromatic rings. The Bertz CT molecular complexity index is 447. The molecule has 0 radical (unpaired) electrons. The largest absolute Gasteiger partial charge is 0.391 e. The highest BCUT2D eigenvalue weighted by Crippen LogP contribution is 2.28. The van der Waals surface area contributed by atoms with Gasteiger partial charge in [0.2, 0.25) is 5.91 Å². The molecule has 1 saturated carbocycles. The molecule has 1 aliphatic rings. The second kappa shape index (κ2) is 5.44. The molecule has 0 saturated heterocycles. The summed E-state index contributed by atoms with van der Waals surface area (Å²) in [6, 6.07) is 3.23. The second-order valence-corrected chi connectivity index (χ2v) is 4.61. The number of nitrogens with one attached hydrogen (secondary N) is 1. The Kier molecular flexibility index (Phi) is 3.91. The van der Waals surface area contributed by atoms with Crippen LogP contribution in [-0.2, 0) is 11.2 Å². The highest BCUT2D eigenvalue weighted by atomic mass is 19.1. The predicted molar refractivity (Wildman–Crippen MR) is 61.8 cm³/mol. The lowest BCUT2D eigenvalue weighted by Crippen LogP contribution is -2.34. The van der Waals surface area contributed by atoms with E-state index in [0.717, 1.165) is 25.0 Å². The number of hydrogen-bond acceptors (Lipinski definition) is 2. The van der Waals surface area contributed by atoms with Crippen molar-refractivity contribution in [2.75, 3.05) is 6.54 Å². The fourth-order valence-corrected chi connectivity index (χ4v) is 1.72. The fourth-order valence-electron chi connectivity index (χ4n) is 1.72. The number of carbonyl (C=O) groups excluding carboxylic acids is 1. The van der Waals surface area contributed by atoms with Gasteiger partial charge in [0.25, 0.3) is 0 Å². The Hall–Kier alpha value is -1.49. The molecule has 0 aromatic heterocycles. The van der Waals surface area contributed by atoms with Crippen LogP contribution in [0.15, 0.2) is 18.2 Å². The van der Waals surface area contributed by atoms with Gasteiger partial charge in [-0.2, -0.15) is 0 Å². The molecule has 1 aromatic carbocycles. The molecule has 98 valence electrons. The Labute approximate surface area is 104 Å². The summed E-state index contributed by atoms with van der Waals surface area (Å²) in [5.74, 6) is -1.30. The van der Waals surface area contributed by atoms with Crippen LogP contribution in [0.4, 0.5) is 8.78 Å². The third-order valence-corrected chi connectivity index (χ3v) is 2.93. The van der Waals surface area contributed by atoms with E-state index in [9.17, 15) is 18.7 Å². The van der Waals surface area contributed by atoms with Crippen LogP contribution in [0.5, 0.6) is 0 Å². The van der Waals surface area contributed by atoms with Gasteiger partial charge in [-0.05, 0) is 24.5 Å². The van der Waals surface area contributed by atoms with Crippen molar-refractivity contribution >= 4 is 5.91 Å². The van der Waals surface area contributed by atoms with Crippen molar-refractivity contribution < 1.29 is 18.7 Å². The molecule has 0 unspecified atom stereocenters. The van der Waals surface area contributed by atoms with Crippen molar-refractivity contribution in [3.8, 4) is 0 Å². The zero-order valence-corrected chi connectivity index (χ0v) is 9.83. The molecule has 1 amide bonds. The monoisotopic (exact) mass is 255 g/mol. The van der Waals surface area contributed by atoms with Gasteiger partial charge in [-0.25, -0.2) is 8.78 Å². The summed E-state index contributed by atoms with van der Waals surface area (Å²) < 4.78 is 26.0. The molecule has 0 bridgehead atoms. The van der Waals surface area contributed by atoms with Gasteiger partial charge in [-0.15, -0.1) is 0 Å². The number of carbonyl (C=O) groups is 1. The molecule has 1 atom stereocenters. The minimum absolute atomic E-state index is 0.0526. The molecule has 0 heterocycles. The van der Waals surface area contributed by atoms with Crippen molar-refractivity contribution in [3.05, 3.63) is 35.4 Å². The van der Waals surface area contributed by atoms with Gasteiger partial charge in [0, 0.05) is 24.9 Å². The summed E-state index contributed by atoms with van der Waals surface area (Å²) in [4.78, 5) is 11.3. The molecule has 0 spiro atoms. The van der Waals surface area contributed by atoms with Gasteiger partial charge in [-0.1, -0.05) is 6.07 Å². The van der Waals surface area contributed by atoms with Crippen LogP contribution >= 0.6 is 0 Å². The third kappa shape index (κ3) is 3.50. The van der Waals surface area contributed by atoms with Crippen molar-refractivity contribution in [3.63, 3.8) is 0 Å². The summed E-state index contributed by atoms with van der Waals surface area (Å²) >= 11 is 0. The Balaban J connectivity index is 1.82. The van der Waals surface area contributed by atoms with E-state index in [4.69, 9.17) is 0 Å². The van der Waals surface area contributed by atoms with Crippen molar-refractivity contribution in [2.45, 2.75) is 25.4 Å². The second-order valence-electron chi connectivity index (χ2n) is 4.61. The molecule has 0 aliphatic heterocycles. The van der Waals surface area contributed by atoms with Crippen LogP contribution in [0.25, 0.3) is 0 Å². The highest BCUT2D eigenvalue weighted by molar-refractivity contribution is 5.80. The van der Waals surface area contributed by atoms with E-state index >= 15 is 0 Å². The van der Waals surface area contributed by atoms with Crippen molar-refractivity contribution in [2.24, 2.45) is 5.92 Å². The van der Waals surface area contributed by atoms with E-state index in [1.807, 2.05) is 0 Å². The van der Waals surface area contributed by atoms with E-state index in [1.165, 1.54) is 6.07 Å². The van der Waals surface area contributed by atoms with Gasteiger partial charge in [0.05, 0.1) is 6.10 Å². The van der Waals surface area contributed by atoms with E-state index in [0.29, 0.717) is 0 Å². The maximum atomic E-state index is 13.3. The van der Waals surface area contributed by atoms with Crippen molar-refractivity contribution in [1.29, 1.82) is 0 Å². The molecular weight excluding hydrogens is 240 g/mol. The molecule has 1 aliphatic carbocycles. The lowest BCUT2D eigenvalue weighted by atomic mass is 10.1. The van der Waals surface area contributed by atoms with Crippen molar-refractivity contribution in [1.82, 2.24) is 5.32 Å². The zero-order valence-electron chi connectivity index (χ0n) is 9.83. The van der Waals surface area contributed by atoms with Crippen LogP contribution in [-0.4, -0.2) is 23.7 Å². The minimum Gasteiger partial charge on any atom is -0.391 e. The van der Waals surface area contributed by atoms with Crippen LogP contribution in [0, 0.1) is 17.6 Å². The van der Waals surface area contributed by atoms with E-state index in [-0.39, 0.29) is 30.4 Å². The molecule has 3 nitrogen and oxygen atoms in total. The summed E-state index contributed by atoms with van der Waals surface area (Å²) in [6.45, 7) is 0.0894. The highest BCUT2D eigenvalue weighted by Gasteiger charge is 2.29. The molecule has 18 heavy (non-hydrogen) atoms. The van der Waals surface area contributed by atoms with Gasteiger partial charge >= 0.3 is 0 Å². The van der Waals surface area contributed by atoms with Crippen LogP contribution in [0.1, 0.15) is 18.4 Å². The predicted octanol–water partition coefficient (Wildman–Crippen LogP) is 1.39. The Morgan fingerprint density at radius 2 is 2.17 bits per heavy atom. The smallest absolute Gasteiger partial charge is 0.223 e. The first-order chi connectivity index (χ1) is 8.56. The number of rotatable bonds is 5. The first-order valence-electron chi connectivity index (χ1n) is 5.96. The number of hydrogen-bond donors (Lipinski definition) is 2. The lowest BCUT2D eigenvalue weighted by Gasteiger charge is -2.12. The third-order valence-electron chi connectivity index (χ3n) is 2.93. The fraction of sp³-hybridized carbons (Fsp3) is 0.462. The number of aliphatic hydroxyl groups is 1. The molecule has 5 heteroatoms. The average molecular weight is 255 g/mol. The van der Waals surface area contributed by atoms with Gasteiger partial charge in [0.1, 0.15) is 11.6 Å². The summed E-state index contributed by atoms with van der Waals surface area (Å²) in [5, 5.41) is 12.3. The molecular formula is C13H15F2NO2. The SMILES string of the molecule is O=C(NC[C@@H](O)Cc1ccc(F)cc1F)C1CC1. The maximum absolute atomic E-state index is 13.3.